The van der Waals surface area contributed by atoms with Crippen LogP contribution < -0.4 is 4.90 Å². The fourth-order valence-corrected chi connectivity index (χ4v) is 4.23. The van der Waals surface area contributed by atoms with Crippen LogP contribution in [-0.2, 0) is 4.79 Å². The molecule has 1 aromatic heterocycles. The second-order valence-electron chi connectivity index (χ2n) is 7.26. The molecule has 5 aromatic rings. The number of benzene rings is 4. The third-order valence-corrected chi connectivity index (χ3v) is 6.13. The fraction of sp³-hybridized carbons (Fsp3) is 0.0385. The van der Waals surface area contributed by atoms with Crippen LogP contribution in [0.1, 0.15) is 0 Å². The van der Waals surface area contributed by atoms with Gasteiger partial charge in [0, 0.05) is 22.0 Å². The van der Waals surface area contributed by atoms with Crippen molar-refractivity contribution >= 4 is 51.4 Å². The molecule has 5 nitrogen and oxygen atoms in total. The Labute approximate surface area is 200 Å². The van der Waals surface area contributed by atoms with Crippen LogP contribution in [0.5, 0.6) is 0 Å². The van der Waals surface area contributed by atoms with Gasteiger partial charge in [-0.1, -0.05) is 71.9 Å². The first-order chi connectivity index (χ1) is 16.2. The average Bonchev–Trinajstić information content (AvgIpc) is 3.33. The van der Waals surface area contributed by atoms with E-state index in [1.54, 1.807) is 17.0 Å². The number of aromatic nitrogens is 2. The van der Waals surface area contributed by atoms with Crippen molar-refractivity contribution in [1.82, 2.24) is 10.2 Å². The highest BCUT2D eigenvalue weighted by molar-refractivity contribution is 7.99. The average molecular weight is 472 g/mol. The van der Waals surface area contributed by atoms with Gasteiger partial charge in [0.05, 0.1) is 5.75 Å². The van der Waals surface area contributed by atoms with E-state index in [9.17, 15) is 4.79 Å². The number of amides is 1. The van der Waals surface area contributed by atoms with Gasteiger partial charge in [0.25, 0.3) is 5.22 Å². The number of para-hydroxylation sites is 1. The van der Waals surface area contributed by atoms with Gasteiger partial charge >= 0.3 is 0 Å². The van der Waals surface area contributed by atoms with Crippen molar-refractivity contribution in [1.29, 1.82) is 0 Å². The molecule has 0 spiro atoms. The zero-order valence-corrected chi connectivity index (χ0v) is 19.0. The van der Waals surface area contributed by atoms with Crippen LogP contribution >= 0.6 is 23.4 Å². The van der Waals surface area contributed by atoms with Crippen LogP contribution in [0, 0.1) is 0 Å². The first-order valence-electron chi connectivity index (χ1n) is 10.3. The van der Waals surface area contributed by atoms with Crippen LogP contribution in [0.15, 0.2) is 107 Å². The number of rotatable bonds is 6. The Kier molecular flexibility index (Phi) is 6.11. The minimum atomic E-state index is -0.0901. The van der Waals surface area contributed by atoms with Gasteiger partial charge in [-0.2, -0.15) is 0 Å². The number of hydrogen-bond donors (Lipinski definition) is 0. The van der Waals surface area contributed by atoms with Crippen molar-refractivity contribution in [3.8, 4) is 11.5 Å². The SMILES string of the molecule is O=C(CSc1nnc(-c2ccc(Cl)cc2)o1)N(c1ccccc1)c1ccc2ccccc2c1. The number of carbonyl (C=O) groups excluding carboxylic acids is 1. The maximum absolute atomic E-state index is 13.4. The highest BCUT2D eigenvalue weighted by atomic mass is 35.5. The van der Waals surface area contributed by atoms with E-state index >= 15 is 0 Å². The van der Waals surface area contributed by atoms with Crippen molar-refractivity contribution in [3.63, 3.8) is 0 Å². The van der Waals surface area contributed by atoms with Gasteiger partial charge in [0.15, 0.2) is 0 Å². The summed E-state index contributed by atoms with van der Waals surface area (Å²) in [5.41, 5.74) is 2.37. The molecule has 0 fully saturated rings. The van der Waals surface area contributed by atoms with Crippen LogP contribution in [0.2, 0.25) is 5.02 Å². The number of halogens is 1. The second kappa shape index (κ2) is 9.48. The molecule has 0 saturated carbocycles. The summed E-state index contributed by atoms with van der Waals surface area (Å²) in [5, 5.41) is 11.3. The molecule has 162 valence electrons. The third-order valence-electron chi connectivity index (χ3n) is 5.07. The zero-order chi connectivity index (χ0) is 22.6. The van der Waals surface area contributed by atoms with Crippen molar-refractivity contribution < 1.29 is 9.21 Å². The summed E-state index contributed by atoms with van der Waals surface area (Å²) in [4.78, 5) is 15.1. The van der Waals surface area contributed by atoms with Gasteiger partial charge in [0.1, 0.15) is 0 Å². The van der Waals surface area contributed by atoms with E-state index in [1.807, 2.05) is 78.9 Å². The highest BCUT2D eigenvalue weighted by Gasteiger charge is 2.20. The maximum atomic E-state index is 13.4. The largest absolute Gasteiger partial charge is 0.411 e. The monoisotopic (exact) mass is 471 g/mol. The highest BCUT2D eigenvalue weighted by Crippen LogP contribution is 2.31. The van der Waals surface area contributed by atoms with Crippen molar-refractivity contribution in [2.24, 2.45) is 0 Å². The molecule has 5 rings (SSSR count). The molecule has 0 aliphatic heterocycles. The third kappa shape index (κ3) is 4.77. The topological polar surface area (TPSA) is 59.2 Å². The molecule has 7 heteroatoms. The van der Waals surface area contributed by atoms with Gasteiger partial charge in [-0.05, 0) is 59.3 Å². The Morgan fingerprint density at radius 1 is 0.818 bits per heavy atom. The molecule has 0 aliphatic carbocycles. The second-order valence-corrected chi connectivity index (χ2v) is 8.63. The first-order valence-corrected chi connectivity index (χ1v) is 11.6. The molecular formula is C26H18ClN3O2S. The predicted octanol–water partition coefficient (Wildman–Crippen LogP) is 7.00. The van der Waals surface area contributed by atoms with Gasteiger partial charge < -0.3 is 4.42 Å². The number of anilines is 2. The Hall–Kier alpha value is -3.61. The molecule has 0 bridgehead atoms. The van der Waals surface area contributed by atoms with Crippen LogP contribution in [0.4, 0.5) is 11.4 Å². The van der Waals surface area contributed by atoms with Crippen molar-refractivity contribution in [2.75, 3.05) is 10.7 Å². The predicted molar refractivity (Wildman–Crippen MR) is 133 cm³/mol. The van der Waals surface area contributed by atoms with E-state index in [1.165, 1.54) is 11.8 Å². The quantitative estimate of drug-likeness (QED) is 0.249. The van der Waals surface area contributed by atoms with Gasteiger partial charge in [-0.25, -0.2) is 0 Å². The molecule has 0 atom stereocenters. The lowest BCUT2D eigenvalue weighted by atomic mass is 10.1. The molecule has 33 heavy (non-hydrogen) atoms. The van der Waals surface area contributed by atoms with E-state index in [4.69, 9.17) is 16.0 Å². The fourth-order valence-electron chi connectivity index (χ4n) is 3.50. The van der Waals surface area contributed by atoms with Crippen LogP contribution in [0.3, 0.4) is 0 Å². The summed E-state index contributed by atoms with van der Waals surface area (Å²) in [6.07, 6.45) is 0. The maximum Gasteiger partial charge on any atom is 0.277 e. The molecule has 0 radical (unpaired) electrons. The summed E-state index contributed by atoms with van der Waals surface area (Å²) < 4.78 is 5.74. The van der Waals surface area contributed by atoms with Crippen LogP contribution in [-0.4, -0.2) is 21.9 Å². The van der Waals surface area contributed by atoms with E-state index in [0.29, 0.717) is 16.1 Å². The summed E-state index contributed by atoms with van der Waals surface area (Å²) in [7, 11) is 0. The Morgan fingerprint density at radius 3 is 2.33 bits per heavy atom. The standard InChI is InChI=1S/C26H18ClN3O2S/c27-21-13-10-19(11-14-21)25-28-29-26(32-25)33-17-24(31)30(22-8-2-1-3-9-22)23-15-12-18-6-4-5-7-20(18)16-23/h1-16H,17H2. The lowest BCUT2D eigenvalue weighted by molar-refractivity contribution is -0.115. The molecule has 0 unspecified atom stereocenters. The number of hydrogen-bond acceptors (Lipinski definition) is 5. The van der Waals surface area contributed by atoms with E-state index in [-0.39, 0.29) is 11.7 Å². The minimum Gasteiger partial charge on any atom is -0.411 e. The molecule has 0 N–H and O–H groups in total. The summed E-state index contributed by atoms with van der Waals surface area (Å²) in [6, 6.07) is 30.8. The van der Waals surface area contributed by atoms with Gasteiger partial charge in [-0.15, -0.1) is 10.2 Å². The Bertz CT molecular complexity index is 1400. The lowest BCUT2D eigenvalue weighted by Crippen LogP contribution is -2.27. The first kappa shape index (κ1) is 21.2. The Balaban J connectivity index is 1.38. The number of thioether (sulfide) groups is 1. The Morgan fingerprint density at radius 2 is 1.55 bits per heavy atom. The molecule has 4 aromatic carbocycles. The number of nitrogens with zero attached hydrogens (tertiary/aromatic N) is 3. The molecular weight excluding hydrogens is 454 g/mol. The van der Waals surface area contributed by atoms with Gasteiger partial charge in [0.2, 0.25) is 11.8 Å². The van der Waals surface area contributed by atoms with Crippen molar-refractivity contribution in [3.05, 3.63) is 102 Å². The lowest BCUT2D eigenvalue weighted by Gasteiger charge is -2.23. The summed E-state index contributed by atoms with van der Waals surface area (Å²) >= 11 is 7.15. The summed E-state index contributed by atoms with van der Waals surface area (Å²) in [6.45, 7) is 0. The smallest absolute Gasteiger partial charge is 0.277 e. The zero-order valence-electron chi connectivity index (χ0n) is 17.4. The van der Waals surface area contributed by atoms with Gasteiger partial charge in [-0.3, -0.25) is 9.69 Å². The van der Waals surface area contributed by atoms with E-state index < -0.39 is 0 Å². The number of fused-ring (bicyclic) bond motifs is 1. The molecule has 1 amide bonds. The molecule has 0 aliphatic rings. The van der Waals surface area contributed by atoms with Crippen molar-refractivity contribution in [2.45, 2.75) is 5.22 Å². The summed E-state index contributed by atoms with van der Waals surface area (Å²) in [5.74, 6) is 0.438. The van der Waals surface area contributed by atoms with E-state index in [0.717, 1.165) is 27.7 Å². The normalized spacial score (nSPS) is 10.9. The van der Waals surface area contributed by atoms with Crippen LogP contribution in [0.25, 0.3) is 22.2 Å². The molecule has 0 saturated heterocycles. The minimum absolute atomic E-state index is 0.0901. The van der Waals surface area contributed by atoms with E-state index in [2.05, 4.69) is 16.3 Å². The number of carbonyl (C=O) groups is 1. The molecule has 1 heterocycles.